The molecule has 0 unspecified atom stereocenters. The molecule has 0 spiro atoms. The van der Waals surface area contributed by atoms with Gasteiger partial charge in [-0.1, -0.05) is 25.6 Å². The summed E-state index contributed by atoms with van der Waals surface area (Å²) in [7, 11) is 0. The maximum atomic E-state index is 9.17. The van der Waals surface area contributed by atoms with Gasteiger partial charge in [-0.15, -0.1) is 0 Å². The van der Waals surface area contributed by atoms with Crippen LogP contribution in [-0.2, 0) is 14.3 Å². The Bertz CT molecular complexity index is 75.7. The molecule has 5 heteroatoms. The van der Waals surface area contributed by atoms with E-state index in [0.717, 1.165) is 0 Å². The number of aliphatic hydroxyl groups excluding tert-OH is 1. The third kappa shape index (κ3) is 51.1. The molecule has 4 nitrogen and oxygen atoms in total. The van der Waals surface area contributed by atoms with Crippen LogP contribution in [0, 0.1) is 0 Å². The smallest absolute Gasteiger partial charge is 0.665 e. The molecule has 0 heterocycles. The molecule has 0 aromatic heterocycles. The van der Waals surface area contributed by atoms with E-state index in [9.17, 15) is 0 Å². The summed E-state index contributed by atoms with van der Waals surface area (Å²) in [6, 6.07) is 0. The minimum Gasteiger partial charge on any atom is -0.665 e. The Morgan fingerprint density at radius 2 is 2.00 bits per heavy atom. The van der Waals surface area contributed by atoms with Gasteiger partial charge >= 0.3 is 23.9 Å². The number of hydrogen-bond acceptors (Lipinski definition) is 3. The van der Waals surface area contributed by atoms with Crippen molar-refractivity contribution in [1.82, 2.24) is 0 Å². The Balaban J connectivity index is -0.000000107. The zero-order chi connectivity index (χ0) is 7.54. The number of hydrogen-bond donors (Lipinski definition) is 1. The van der Waals surface area contributed by atoms with Crippen LogP contribution in [0.4, 0.5) is 0 Å². The molecule has 0 amide bonds. The quantitative estimate of drug-likeness (QED) is 0.316. The molecule has 0 atom stereocenters. The Kier molecular flexibility index (Phi) is 38.4. The molecular weight excluding hydrogens is 243 g/mol. The van der Waals surface area contributed by atoms with Gasteiger partial charge in [0.2, 0.25) is 0 Å². The van der Waals surface area contributed by atoms with E-state index >= 15 is 0 Å². The summed E-state index contributed by atoms with van der Waals surface area (Å²) < 4.78 is 4.06. The van der Waals surface area contributed by atoms with Crippen molar-refractivity contribution in [1.29, 1.82) is 0 Å². The van der Waals surface area contributed by atoms with Gasteiger partial charge in [-0.25, -0.2) is 0 Å². The molecule has 0 aliphatic heterocycles. The molecule has 0 saturated carbocycles. The molecule has 10 heavy (non-hydrogen) atoms. The molecule has 0 saturated heterocycles. The number of rotatable bonds is 3. The SMILES string of the molecule is C=CCO[C-]=O.O=[C-]O.[Sn+2]. The van der Waals surface area contributed by atoms with Crippen molar-refractivity contribution in [3.63, 3.8) is 0 Å². The van der Waals surface area contributed by atoms with Crippen LogP contribution < -0.4 is 0 Å². The number of ether oxygens (including phenoxy) is 1. The Labute approximate surface area is 75.8 Å². The minimum atomic E-state index is 0. The molecule has 1 N–H and O–H groups in total. The third-order valence-electron chi connectivity index (χ3n) is 0.260. The maximum absolute atomic E-state index is 9.17. The van der Waals surface area contributed by atoms with Crippen LogP contribution >= 0.6 is 0 Å². The van der Waals surface area contributed by atoms with Crippen LogP contribution in [0.1, 0.15) is 0 Å². The van der Waals surface area contributed by atoms with E-state index in [2.05, 4.69) is 11.3 Å². The van der Waals surface area contributed by atoms with Crippen molar-refractivity contribution >= 4 is 36.9 Å². The van der Waals surface area contributed by atoms with Crippen molar-refractivity contribution in [2.45, 2.75) is 0 Å². The van der Waals surface area contributed by atoms with Crippen molar-refractivity contribution in [3.05, 3.63) is 12.7 Å². The average Bonchev–Trinajstić information content (AvgIpc) is 1.86. The van der Waals surface area contributed by atoms with Crippen molar-refractivity contribution in [2.24, 2.45) is 0 Å². The van der Waals surface area contributed by atoms with E-state index in [-0.39, 0.29) is 30.5 Å². The van der Waals surface area contributed by atoms with Gasteiger partial charge in [0, 0.05) is 0 Å². The zero-order valence-corrected chi connectivity index (χ0v) is 8.02. The molecule has 0 rings (SSSR count). The Morgan fingerprint density at radius 3 is 2.10 bits per heavy atom. The van der Waals surface area contributed by atoms with Crippen molar-refractivity contribution < 1.29 is 19.4 Å². The number of carbonyl (C=O) groups excluding carboxylic acids is 1. The summed E-state index contributed by atoms with van der Waals surface area (Å²) in [5.74, 6) is 0. The molecule has 0 aromatic carbocycles. The van der Waals surface area contributed by atoms with Crippen LogP contribution in [-0.4, -0.2) is 48.6 Å². The molecule has 0 aliphatic rings. The largest absolute Gasteiger partial charge is 2.00 e. The summed E-state index contributed by atoms with van der Waals surface area (Å²) in [5.41, 5.74) is 0. The normalized spacial score (nSPS) is 5.20. The van der Waals surface area contributed by atoms with Gasteiger partial charge in [0.05, 0.1) is 6.61 Å². The van der Waals surface area contributed by atoms with Gasteiger partial charge in [0.1, 0.15) is 0 Å². The van der Waals surface area contributed by atoms with Crippen LogP contribution in [0.3, 0.4) is 0 Å². The van der Waals surface area contributed by atoms with Gasteiger partial charge < -0.3 is 19.4 Å². The van der Waals surface area contributed by atoms with Crippen molar-refractivity contribution in [2.75, 3.05) is 6.61 Å². The predicted molar refractivity (Wildman–Crippen MR) is 35.9 cm³/mol. The van der Waals surface area contributed by atoms with E-state index in [1.807, 2.05) is 0 Å². The minimum absolute atomic E-state index is 0. The van der Waals surface area contributed by atoms with Gasteiger partial charge in [-0.3, -0.25) is 0 Å². The van der Waals surface area contributed by atoms with Gasteiger partial charge in [0.25, 0.3) is 0 Å². The fraction of sp³-hybridized carbons (Fsp3) is 0.200. The van der Waals surface area contributed by atoms with Gasteiger partial charge in [-0.05, 0) is 0 Å². The second-order valence-corrected chi connectivity index (χ2v) is 0.774. The summed E-state index contributed by atoms with van der Waals surface area (Å²) in [4.78, 5) is 17.4. The first kappa shape index (κ1) is 16.2. The monoisotopic (exact) mass is 250 g/mol. The summed E-state index contributed by atoms with van der Waals surface area (Å²) in [6.07, 6.45) is 1.48. The van der Waals surface area contributed by atoms with Gasteiger partial charge in [0.15, 0.2) is 0 Å². The van der Waals surface area contributed by atoms with Crippen LogP contribution in [0.25, 0.3) is 0 Å². The van der Waals surface area contributed by atoms with E-state index in [1.165, 1.54) is 12.5 Å². The molecule has 54 valence electrons. The van der Waals surface area contributed by atoms with E-state index in [1.54, 1.807) is 0 Å². The second kappa shape index (κ2) is 23.6. The predicted octanol–water partition coefficient (Wildman–Crippen LogP) is -0.513. The molecule has 2 radical (unpaired) electrons. The molecule has 0 aliphatic carbocycles. The molecular formula is C5H6O4Sn. The molecule has 0 fully saturated rings. The topological polar surface area (TPSA) is 63.6 Å². The third-order valence-corrected chi connectivity index (χ3v) is 0.260. The fourth-order valence-corrected chi connectivity index (χ4v) is 0.0929. The van der Waals surface area contributed by atoms with Crippen LogP contribution in [0.2, 0.25) is 0 Å². The molecule has 0 aromatic rings. The maximum Gasteiger partial charge on any atom is 2.00 e. The van der Waals surface area contributed by atoms with Crippen molar-refractivity contribution in [3.8, 4) is 0 Å². The molecule has 0 bridgehead atoms. The first-order chi connectivity index (χ1) is 4.33. The van der Waals surface area contributed by atoms with Crippen LogP contribution in [0.15, 0.2) is 12.7 Å². The summed E-state index contributed by atoms with van der Waals surface area (Å²) in [5, 5.41) is 6.76. The zero-order valence-electron chi connectivity index (χ0n) is 5.16. The first-order valence-electron chi connectivity index (χ1n) is 1.94. The Morgan fingerprint density at radius 1 is 1.60 bits per heavy atom. The summed E-state index contributed by atoms with van der Waals surface area (Å²) >= 11 is 0. The van der Waals surface area contributed by atoms with E-state index in [4.69, 9.17) is 14.7 Å². The van der Waals surface area contributed by atoms with Crippen LogP contribution in [0.5, 0.6) is 0 Å². The van der Waals surface area contributed by atoms with E-state index in [0.29, 0.717) is 6.47 Å². The first-order valence-corrected chi connectivity index (χ1v) is 1.94. The summed E-state index contributed by atoms with van der Waals surface area (Å²) in [6.45, 7) is 5.30. The Hall–Kier alpha value is -0.521. The van der Waals surface area contributed by atoms with Gasteiger partial charge in [-0.2, -0.15) is 0 Å². The average molecular weight is 249 g/mol. The van der Waals surface area contributed by atoms with E-state index < -0.39 is 0 Å². The second-order valence-electron chi connectivity index (χ2n) is 0.774. The standard InChI is InChI=1S/C4H5O2.CHO2.Sn/c1-2-3-6-4-5;2-1-3;/h2H,1,3H2;(H,2,3);/q2*-1;+2. The fourth-order valence-electron chi connectivity index (χ4n) is 0.0929.